The Hall–Kier alpha value is -2.14. The number of hydrogen-bond acceptors (Lipinski definition) is 3. The zero-order valence-corrected chi connectivity index (χ0v) is 13.4. The molecule has 21 heavy (non-hydrogen) atoms. The molecule has 2 rings (SSSR count). The smallest absolute Gasteiger partial charge is 0.256 e. The summed E-state index contributed by atoms with van der Waals surface area (Å²) in [6, 6.07) is 5.70. The maximum absolute atomic E-state index is 12.4. The van der Waals surface area contributed by atoms with Crippen LogP contribution in [0, 0.1) is 27.7 Å². The van der Waals surface area contributed by atoms with Crippen molar-refractivity contribution in [2.75, 3.05) is 5.32 Å². The lowest BCUT2D eigenvalue weighted by Crippen LogP contribution is -2.18. The molecule has 0 atom stereocenters. The molecule has 0 aliphatic carbocycles. The molecule has 5 heteroatoms. The maximum atomic E-state index is 12.4. The number of rotatable bonds is 3. The molecule has 4 nitrogen and oxygen atoms in total. The van der Waals surface area contributed by atoms with Gasteiger partial charge in [0.05, 0.1) is 5.56 Å². The number of hydrogen-bond donors (Lipinski definition) is 2. The standard InChI is InChI=1S/C16H18N2O2S/c1-8-5-6-9(2)12(7-8)15(20)18-16-13(14(17)19)10(3)11(4)21-16/h5-7H,1-4H3,(H2,17,19)(H,18,20). The number of thiophene rings is 1. The van der Waals surface area contributed by atoms with Crippen molar-refractivity contribution in [2.24, 2.45) is 5.73 Å². The van der Waals surface area contributed by atoms with Crippen molar-refractivity contribution in [3.8, 4) is 0 Å². The molecule has 0 saturated heterocycles. The molecule has 0 bridgehead atoms. The summed E-state index contributed by atoms with van der Waals surface area (Å²) < 4.78 is 0. The van der Waals surface area contributed by atoms with E-state index < -0.39 is 5.91 Å². The first-order valence-electron chi connectivity index (χ1n) is 6.59. The maximum Gasteiger partial charge on any atom is 0.256 e. The van der Waals surface area contributed by atoms with Gasteiger partial charge in [-0.15, -0.1) is 11.3 Å². The zero-order valence-electron chi connectivity index (χ0n) is 12.5. The number of carbonyl (C=O) groups is 2. The first-order valence-corrected chi connectivity index (χ1v) is 7.41. The van der Waals surface area contributed by atoms with Crippen molar-refractivity contribution in [2.45, 2.75) is 27.7 Å². The van der Waals surface area contributed by atoms with Crippen LogP contribution >= 0.6 is 11.3 Å². The number of carbonyl (C=O) groups excluding carboxylic acids is 2. The van der Waals surface area contributed by atoms with Crippen LogP contribution in [0.4, 0.5) is 5.00 Å². The number of primary amides is 1. The molecule has 2 aromatic rings. The summed E-state index contributed by atoms with van der Waals surface area (Å²) in [5, 5.41) is 3.33. The monoisotopic (exact) mass is 302 g/mol. The molecule has 2 amide bonds. The minimum Gasteiger partial charge on any atom is -0.365 e. The minimum absolute atomic E-state index is 0.222. The number of aryl methyl sites for hydroxylation is 3. The predicted octanol–water partition coefficient (Wildman–Crippen LogP) is 3.33. The molecule has 0 aliphatic rings. The molecule has 1 aromatic carbocycles. The van der Waals surface area contributed by atoms with Gasteiger partial charge in [-0.2, -0.15) is 0 Å². The molecule has 0 saturated carbocycles. The van der Waals surface area contributed by atoms with Gasteiger partial charge in [0, 0.05) is 10.4 Å². The minimum atomic E-state index is -0.520. The summed E-state index contributed by atoms with van der Waals surface area (Å²) in [7, 11) is 0. The van der Waals surface area contributed by atoms with E-state index in [1.165, 1.54) is 11.3 Å². The van der Waals surface area contributed by atoms with Crippen molar-refractivity contribution in [1.29, 1.82) is 0 Å². The van der Waals surface area contributed by atoms with Gasteiger partial charge < -0.3 is 11.1 Å². The summed E-state index contributed by atoms with van der Waals surface area (Å²) in [6.07, 6.45) is 0. The predicted molar refractivity (Wildman–Crippen MR) is 86.2 cm³/mol. The first-order chi connectivity index (χ1) is 9.81. The van der Waals surface area contributed by atoms with Crippen LogP contribution in [0.5, 0.6) is 0 Å². The lowest BCUT2D eigenvalue weighted by Gasteiger charge is -2.08. The fourth-order valence-corrected chi connectivity index (χ4v) is 3.22. The van der Waals surface area contributed by atoms with Gasteiger partial charge in [-0.25, -0.2) is 0 Å². The van der Waals surface area contributed by atoms with Crippen molar-refractivity contribution in [3.63, 3.8) is 0 Å². The number of anilines is 1. The van der Waals surface area contributed by atoms with Gasteiger partial charge in [-0.05, 0) is 44.9 Å². The summed E-state index contributed by atoms with van der Waals surface area (Å²) in [4.78, 5) is 25.0. The number of benzene rings is 1. The van der Waals surface area contributed by atoms with E-state index in [1.807, 2.05) is 45.9 Å². The molecule has 1 heterocycles. The Labute approximate surface area is 128 Å². The van der Waals surface area contributed by atoms with Crippen LogP contribution in [0.2, 0.25) is 0 Å². The number of nitrogens with one attached hydrogen (secondary N) is 1. The number of amides is 2. The fourth-order valence-electron chi connectivity index (χ4n) is 2.16. The van der Waals surface area contributed by atoms with Gasteiger partial charge in [0.25, 0.3) is 11.8 Å². The Morgan fingerprint density at radius 2 is 1.81 bits per heavy atom. The second kappa shape index (κ2) is 5.69. The highest BCUT2D eigenvalue weighted by Gasteiger charge is 2.20. The van der Waals surface area contributed by atoms with E-state index in [4.69, 9.17) is 5.73 Å². The lowest BCUT2D eigenvalue weighted by atomic mass is 10.0. The van der Waals surface area contributed by atoms with E-state index in [-0.39, 0.29) is 5.91 Å². The summed E-state index contributed by atoms with van der Waals surface area (Å²) in [6.45, 7) is 7.55. The van der Waals surface area contributed by atoms with Crippen LogP contribution in [-0.4, -0.2) is 11.8 Å². The van der Waals surface area contributed by atoms with E-state index in [2.05, 4.69) is 5.32 Å². The van der Waals surface area contributed by atoms with Gasteiger partial charge in [0.1, 0.15) is 5.00 Å². The van der Waals surface area contributed by atoms with E-state index in [0.29, 0.717) is 16.1 Å². The van der Waals surface area contributed by atoms with Gasteiger partial charge in [-0.3, -0.25) is 9.59 Å². The van der Waals surface area contributed by atoms with Crippen LogP contribution in [0.25, 0.3) is 0 Å². The average Bonchev–Trinajstić information content (AvgIpc) is 2.67. The van der Waals surface area contributed by atoms with E-state index >= 15 is 0 Å². The Morgan fingerprint density at radius 3 is 2.43 bits per heavy atom. The molecule has 0 aliphatic heterocycles. The zero-order chi connectivity index (χ0) is 15.7. The highest BCUT2D eigenvalue weighted by molar-refractivity contribution is 7.16. The molecular formula is C16H18N2O2S. The highest BCUT2D eigenvalue weighted by atomic mass is 32.1. The van der Waals surface area contributed by atoms with Crippen LogP contribution < -0.4 is 11.1 Å². The molecule has 3 N–H and O–H groups in total. The third-order valence-electron chi connectivity index (χ3n) is 3.50. The Morgan fingerprint density at radius 1 is 1.14 bits per heavy atom. The summed E-state index contributed by atoms with van der Waals surface area (Å²) >= 11 is 1.37. The molecule has 1 aromatic heterocycles. The number of nitrogens with two attached hydrogens (primary N) is 1. The summed E-state index contributed by atoms with van der Waals surface area (Å²) in [5.74, 6) is -0.743. The third-order valence-corrected chi connectivity index (χ3v) is 4.62. The second-order valence-corrected chi connectivity index (χ2v) is 6.35. The van der Waals surface area contributed by atoms with E-state index in [0.717, 1.165) is 21.6 Å². The molecule has 0 fully saturated rings. The van der Waals surface area contributed by atoms with Crippen LogP contribution in [-0.2, 0) is 0 Å². The van der Waals surface area contributed by atoms with E-state index in [9.17, 15) is 9.59 Å². The van der Waals surface area contributed by atoms with Crippen molar-refractivity contribution in [1.82, 2.24) is 0 Å². The Balaban J connectivity index is 2.38. The van der Waals surface area contributed by atoms with Crippen LogP contribution in [0.3, 0.4) is 0 Å². The quantitative estimate of drug-likeness (QED) is 0.912. The lowest BCUT2D eigenvalue weighted by molar-refractivity contribution is 0.100. The van der Waals surface area contributed by atoms with Crippen molar-refractivity contribution < 1.29 is 9.59 Å². The van der Waals surface area contributed by atoms with Crippen LogP contribution in [0.15, 0.2) is 18.2 Å². The largest absolute Gasteiger partial charge is 0.365 e. The van der Waals surface area contributed by atoms with Crippen molar-refractivity contribution in [3.05, 3.63) is 50.9 Å². The third kappa shape index (κ3) is 2.97. The molecule has 0 spiro atoms. The molecule has 0 unspecified atom stereocenters. The Kier molecular flexibility index (Phi) is 4.14. The molecule has 110 valence electrons. The Bertz CT molecular complexity index is 732. The second-order valence-electron chi connectivity index (χ2n) is 5.12. The van der Waals surface area contributed by atoms with Gasteiger partial charge in [0.15, 0.2) is 0 Å². The van der Waals surface area contributed by atoms with Gasteiger partial charge >= 0.3 is 0 Å². The SMILES string of the molecule is Cc1ccc(C)c(C(=O)Nc2sc(C)c(C)c2C(N)=O)c1. The average molecular weight is 302 g/mol. The fraction of sp³-hybridized carbons (Fsp3) is 0.250. The molecular weight excluding hydrogens is 284 g/mol. The van der Waals surface area contributed by atoms with Crippen molar-refractivity contribution >= 4 is 28.2 Å². The normalized spacial score (nSPS) is 10.5. The van der Waals surface area contributed by atoms with Crippen LogP contribution in [0.1, 0.15) is 42.3 Å². The van der Waals surface area contributed by atoms with Gasteiger partial charge in [0.2, 0.25) is 0 Å². The first kappa shape index (κ1) is 15.3. The van der Waals surface area contributed by atoms with E-state index in [1.54, 1.807) is 0 Å². The van der Waals surface area contributed by atoms with Gasteiger partial charge in [-0.1, -0.05) is 17.7 Å². The topological polar surface area (TPSA) is 72.2 Å². The molecule has 0 radical (unpaired) electrons. The highest BCUT2D eigenvalue weighted by Crippen LogP contribution is 2.32. The summed E-state index contributed by atoms with van der Waals surface area (Å²) in [5.41, 5.74) is 9.15.